The molecule has 6 heteroatoms. The van der Waals surface area contributed by atoms with E-state index in [1.165, 1.54) is 10.9 Å². The summed E-state index contributed by atoms with van der Waals surface area (Å²) in [7, 11) is 0. The summed E-state index contributed by atoms with van der Waals surface area (Å²) in [4.78, 5) is 27.3. The molecule has 0 aliphatic heterocycles. The van der Waals surface area contributed by atoms with Crippen molar-refractivity contribution in [2.24, 2.45) is 0 Å². The minimum atomic E-state index is -0.246. The number of carbonyl (C=O) groups excluding carboxylic acids is 1. The van der Waals surface area contributed by atoms with E-state index in [1.807, 2.05) is 36.5 Å². The normalized spacial score (nSPS) is 11.1. The van der Waals surface area contributed by atoms with Crippen molar-refractivity contribution in [1.82, 2.24) is 20.5 Å². The summed E-state index contributed by atoms with van der Waals surface area (Å²) in [5, 5.41) is 11.9. The third-order valence-electron chi connectivity index (χ3n) is 4.49. The number of nitrogens with zero attached hydrogens (tertiary/aromatic N) is 1. The van der Waals surface area contributed by atoms with Crippen LogP contribution in [0.1, 0.15) is 11.3 Å². The summed E-state index contributed by atoms with van der Waals surface area (Å²) < 4.78 is 0. The molecule has 0 saturated carbocycles. The van der Waals surface area contributed by atoms with Crippen LogP contribution in [0, 0.1) is 0 Å². The number of H-pyrrole nitrogens is 2. The van der Waals surface area contributed by atoms with Gasteiger partial charge in [-0.25, -0.2) is 5.10 Å². The van der Waals surface area contributed by atoms with Gasteiger partial charge >= 0.3 is 0 Å². The number of aromatic nitrogens is 3. The molecule has 4 aromatic rings. The molecule has 130 valence electrons. The first-order valence-corrected chi connectivity index (χ1v) is 8.50. The van der Waals surface area contributed by atoms with E-state index in [0.717, 1.165) is 11.9 Å². The fourth-order valence-corrected chi connectivity index (χ4v) is 3.20. The van der Waals surface area contributed by atoms with Gasteiger partial charge in [0, 0.05) is 29.0 Å². The first-order valence-electron chi connectivity index (χ1n) is 8.50. The van der Waals surface area contributed by atoms with Crippen molar-refractivity contribution in [1.29, 1.82) is 0 Å². The Balaban J connectivity index is 1.42. The number of rotatable bonds is 5. The number of nitrogens with one attached hydrogen (secondary N) is 3. The highest BCUT2D eigenvalue weighted by Gasteiger charge is 2.11. The summed E-state index contributed by atoms with van der Waals surface area (Å²) in [6.07, 6.45) is 2.86. The number of carbonyl (C=O) groups is 1. The third kappa shape index (κ3) is 3.09. The molecule has 0 atom stereocenters. The van der Waals surface area contributed by atoms with Crippen LogP contribution in [0.2, 0.25) is 0 Å². The zero-order chi connectivity index (χ0) is 17.9. The average molecular weight is 346 g/mol. The van der Waals surface area contributed by atoms with Gasteiger partial charge < -0.3 is 10.3 Å². The van der Waals surface area contributed by atoms with Crippen molar-refractivity contribution < 1.29 is 4.79 Å². The topological polar surface area (TPSA) is 90.6 Å². The Morgan fingerprint density at radius 1 is 1.00 bits per heavy atom. The standard InChI is InChI=1S/C20H18N4O2/c25-19(11-18-15-6-1-2-7-16(15)20(26)24-23-18)21-10-9-13-12-22-17-8-4-3-5-14(13)17/h1-8,12,22H,9-11H2,(H,21,25)(H,24,26). The van der Waals surface area contributed by atoms with Crippen LogP contribution in [-0.4, -0.2) is 27.6 Å². The van der Waals surface area contributed by atoms with E-state index < -0.39 is 0 Å². The smallest absolute Gasteiger partial charge is 0.272 e. The minimum absolute atomic E-state index is 0.116. The lowest BCUT2D eigenvalue weighted by Gasteiger charge is -2.06. The molecule has 2 heterocycles. The van der Waals surface area contributed by atoms with Crippen LogP contribution in [0.3, 0.4) is 0 Å². The maximum atomic E-state index is 12.3. The zero-order valence-electron chi connectivity index (χ0n) is 14.1. The van der Waals surface area contributed by atoms with E-state index in [2.05, 4.69) is 26.6 Å². The molecule has 0 spiro atoms. The minimum Gasteiger partial charge on any atom is -0.361 e. The summed E-state index contributed by atoms with van der Waals surface area (Å²) in [5.41, 5.74) is 2.60. The first-order chi connectivity index (χ1) is 12.7. The van der Waals surface area contributed by atoms with Crippen molar-refractivity contribution in [3.05, 3.63) is 76.3 Å². The van der Waals surface area contributed by atoms with Gasteiger partial charge in [-0.2, -0.15) is 5.10 Å². The van der Waals surface area contributed by atoms with Crippen LogP contribution in [0.25, 0.3) is 21.7 Å². The molecule has 0 aliphatic rings. The molecule has 26 heavy (non-hydrogen) atoms. The Labute approximate surface area is 149 Å². The molecule has 6 nitrogen and oxygen atoms in total. The highest BCUT2D eigenvalue weighted by Crippen LogP contribution is 2.17. The number of benzene rings is 2. The second-order valence-electron chi connectivity index (χ2n) is 6.18. The summed E-state index contributed by atoms with van der Waals surface area (Å²) >= 11 is 0. The number of aromatic amines is 2. The van der Waals surface area contributed by atoms with Gasteiger partial charge in [-0.05, 0) is 24.1 Å². The molecule has 1 amide bonds. The predicted molar refractivity (Wildman–Crippen MR) is 101 cm³/mol. The summed E-state index contributed by atoms with van der Waals surface area (Å²) in [5.74, 6) is -0.116. The fraction of sp³-hybridized carbons (Fsp3) is 0.150. The SMILES string of the molecule is O=C(Cc1n[nH]c(=O)c2ccccc12)NCCc1c[nH]c2ccccc12. The molecule has 0 radical (unpaired) electrons. The molecule has 2 aromatic heterocycles. The van der Waals surface area contributed by atoms with E-state index in [4.69, 9.17) is 0 Å². The van der Waals surface area contributed by atoms with Gasteiger partial charge in [0.2, 0.25) is 5.91 Å². The lowest BCUT2D eigenvalue weighted by molar-refractivity contribution is -0.120. The van der Waals surface area contributed by atoms with Gasteiger partial charge in [0.15, 0.2) is 0 Å². The van der Waals surface area contributed by atoms with E-state index in [-0.39, 0.29) is 17.9 Å². The second kappa shape index (κ2) is 6.84. The van der Waals surface area contributed by atoms with Crippen molar-refractivity contribution in [3.63, 3.8) is 0 Å². The highest BCUT2D eigenvalue weighted by molar-refractivity contribution is 5.88. The van der Waals surface area contributed by atoms with Gasteiger partial charge in [-0.15, -0.1) is 0 Å². The van der Waals surface area contributed by atoms with E-state index in [1.54, 1.807) is 12.1 Å². The molecule has 0 bridgehead atoms. The van der Waals surface area contributed by atoms with Crippen molar-refractivity contribution in [2.75, 3.05) is 6.54 Å². The van der Waals surface area contributed by atoms with E-state index >= 15 is 0 Å². The van der Waals surface area contributed by atoms with Crippen LogP contribution < -0.4 is 10.9 Å². The molecule has 3 N–H and O–H groups in total. The quantitative estimate of drug-likeness (QED) is 0.518. The zero-order valence-corrected chi connectivity index (χ0v) is 14.1. The molecule has 2 aromatic carbocycles. The monoisotopic (exact) mass is 346 g/mol. The van der Waals surface area contributed by atoms with Crippen molar-refractivity contribution in [3.8, 4) is 0 Å². The van der Waals surface area contributed by atoms with Crippen molar-refractivity contribution in [2.45, 2.75) is 12.8 Å². The van der Waals surface area contributed by atoms with Gasteiger partial charge in [0.25, 0.3) is 5.56 Å². The van der Waals surface area contributed by atoms with Gasteiger partial charge in [-0.1, -0.05) is 36.4 Å². The molecule has 0 aliphatic carbocycles. The predicted octanol–water partition coefficient (Wildman–Crippen LogP) is 2.31. The number of hydrogen-bond acceptors (Lipinski definition) is 3. The Hall–Kier alpha value is -3.41. The van der Waals surface area contributed by atoms with Crippen LogP contribution >= 0.6 is 0 Å². The summed E-state index contributed by atoms with van der Waals surface area (Å²) in [6.45, 7) is 0.544. The number of para-hydroxylation sites is 1. The Kier molecular flexibility index (Phi) is 4.23. The molecular weight excluding hydrogens is 328 g/mol. The number of hydrogen-bond donors (Lipinski definition) is 3. The lowest BCUT2D eigenvalue weighted by Crippen LogP contribution is -2.28. The van der Waals surface area contributed by atoms with Gasteiger partial charge in [-0.3, -0.25) is 9.59 Å². The molecule has 0 fully saturated rings. The highest BCUT2D eigenvalue weighted by atomic mass is 16.1. The third-order valence-corrected chi connectivity index (χ3v) is 4.49. The van der Waals surface area contributed by atoms with Gasteiger partial charge in [0.1, 0.15) is 0 Å². The first kappa shape index (κ1) is 16.1. The fourth-order valence-electron chi connectivity index (χ4n) is 3.20. The van der Waals surface area contributed by atoms with Crippen molar-refractivity contribution >= 4 is 27.6 Å². The maximum absolute atomic E-state index is 12.3. The Morgan fingerprint density at radius 3 is 2.58 bits per heavy atom. The Bertz CT molecular complexity index is 1140. The van der Waals surface area contributed by atoms with Crippen LogP contribution in [0.15, 0.2) is 59.5 Å². The average Bonchev–Trinajstić information content (AvgIpc) is 3.08. The molecule has 0 unspecified atom stereocenters. The van der Waals surface area contributed by atoms with Crippen LogP contribution in [-0.2, 0) is 17.6 Å². The number of amides is 1. The molecular formula is C20H18N4O2. The second-order valence-corrected chi connectivity index (χ2v) is 6.18. The summed E-state index contributed by atoms with van der Waals surface area (Å²) in [6, 6.07) is 15.3. The Morgan fingerprint density at radius 2 is 1.73 bits per heavy atom. The lowest BCUT2D eigenvalue weighted by atomic mass is 10.1. The largest absolute Gasteiger partial charge is 0.361 e. The van der Waals surface area contributed by atoms with E-state index in [0.29, 0.717) is 23.0 Å². The maximum Gasteiger partial charge on any atom is 0.272 e. The van der Waals surface area contributed by atoms with E-state index in [9.17, 15) is 9.59 Å². The van der Waals surface area contributed by atoms with Crippen LogP contribution in [0.5, 0.6) is 0 Å². The molecule has 0 saturated heterocycles. The van der Waals surface area contributed by atoms with Crippen LogP contribution in [0.4, 0.5) is 0 Å². The molecule has 4 rings (SSSR count). The van der Waals surface area contributed by atoms with Gasteiger partial charge in [0.05, 0.1) is 17.5 Å². The number of fused-ring (bicyclic) bond motifs is 2.